The van der Waals surface area contributed by atoms with Crippen LogP contribution < -0.4 is 20.7 Å². The Balaban J connectivity index is 2.02. The molecule has 2 aromatic rings. The lowest BCUT2D eigenvalue weighted by Crippen LogP contribution is -2.08. The van der Waals surface area contributed by atoms with Crippen LogP contribution in [0.15, 0.2) is 42.5 Å². The zero-order chi connectivity index (χ0) is 13.5. The molecule has 0 radical (unpaired) electrons. The van der Waals surface area contributed by atoms with E-state index >= 15 is 0 Å². The lowest BCUT2D eigenvalue weighted by Gasteiger charge is -2.08. The van der Waals surface area contributed by atoms with Gasteiger partial charge in [-0.2, -0.15) is 4.98 Å². The zero-order valence-electron chi connectivity index (χ0n) is 10.8. The first-order chi connectivity index (χ1) is 9.31. The van der Waals surface area contributed by atoms with E-state index in [2.05, 4.69) is 17.3 Å². The molecule has 3 N–H and O–H groups in total. The van der Waals surface area contributed by atoms with Crippen LogP contribution in [0.1, 0.15) is 13.3 Å². The minimum Gasteiger partial charge on any atom is -0.494 e. The van der Waals surface area contributed by atoms with Gasteiger partial charge in [0.15, 0.2) is 0 Å². The van der Waals surface area contributed by atoms with Crippen LogP contribution in [0, 0.1) is 0 Å². The molecule has 0 amide bonds. The Bertz CT molecular complexity index is 514. The Morgan fingerprint density at radius 2 is 1.84 bits per heavy atom. The number of hydrazine groups is 1. The van der Waals surface area contributed by atoms with Crippen molar-refractivity contribution in [1.82, 2.24) is 4.98 Å². The predicted octanol–water partition coefficient (Wildman–Crippen LogP) is 2.95. The van der Waals surface area contributed by atoms with Crippen molar-refractivity contribution in [3.63, 3.8) is 0 Å². The van der Waals surface area contributed by atoms with Crippen LogP contribution in [-0.2, 0) is 0 Å². The highest BCUT2D eigenvalue weighted by atomic mass is 16.5. The first-order valence-corrected chi connectivity index (χ1v) is 6.16. The standard InChI is InChI=1S/C14H17N3O2/c1-2-10-18-11-6-8-12(9-7-11)19-14-5-3-4-13(16-14)17-15/h3-9H,2,10,15H2,1H3,(H,16,17). The van der Waals surface area contributed by atoms with Crippen LogP contribution in [0.4, 0.5) is 5.82 Å². The van der Waals surface area contributed by atoms with Crippen molar-refractivity contribution < 1.29 is 9.47 Å². The molecule has 5 heteroatoms. The van der Waals surface area contributed by atoms with Gasteiger partial charge in [0.25, 0.3) is 0 Å². The number of anilines is 1. The van der Waals surface area contributed by atoms with Gasteiger partial charge in [0, 0.05) is 6.07 Å². The van der Waals surface area contributed by atoms with Gasteiger partial charge in [-0.3, -0.25) is 0 Å². The van der Waals surface area contributed by atoms with Crippen LogP contribution in [0.5, 0.6) is 17.4 Å². The lowest BCUT2D eigenvalue weighted by atomic mass is 10.3. The second-order valence-corrected chi connectivity index (χ2v) is 3.93. The van der Waals surface area contributed by atoms with Gasteiger partial charge in [0.2, 0.25) is 5.88 Å². The first kappa shape index (κ1) is 13.2. The highest BCUT2D eigenvalue weighted by molar-refractivity contribution is 5.38. The Labute approximate surface area is 112 Å². The largest absolute Gasteiger partial charge is 0.494 e. The molecule has 5 nitrogen and oxygen atoms in total. The number of aromatic nitrogens is 1. The summed E-state index contributed by atoms with van der Waals surface area (Å²) in [6, 6.07) is 12.8. The molecule has 19 heavy (non-hydrogen) atoms. The van der Waals surface area contributed by atoms with Crippen molar-refractivity contribution in [3.05, 3.63) is 42.5 Å². The van der Waals surface area contributed by atoms with E-state index in [-0.39, 0.29) is 0 Å². The van der Waals surface area contributed by atoms with Gasteiger partial charge in [-0.1, -0.05) is 13.0 Å². The Kier molecular flexibility index (Phi) is 4.58. The molecule has 0 spiro atoms. The van der Waals surface area contributed by atoms with Crippen molar-refractivity contribution in [2.24, 2.45) is 5.84 Å². The summed E-state index contributed by atoms with van der Waals surface area (Å²) in [5.74, 6) is 7.87. The number of rotatable bonds is 6. The van der Waals surface area contributed by atoms with E-state index in [4.69, 9.17) is 15.3 Å². The van der Waals surface area contributed by atoms with Crippen molar-refractivity contribution in [3.8, 4) is 17.4 Å². The monoisotopic (exact) mass is 259 g/mol. The average molecular weight is 259 g/mol. The Morgan fingerprint density at radius 3 is 2.53 bits per heavy atom. The molecule has 0 aliphatic heterocycles. The van der Waals surface area contributed by atoms with Crippen molar-refractivity contribution >= 4 is 5.82 Å². The van der Waals surface area contributed by atoms with Gasteiger partial charge >= 0.3 is 0 Å². The van der Waals surface area contributed by atoms with Gasteiger partial charge in [0.05, 0.1) is 6.61 Å². The van der Waals surface area contributed by atoms with Crippen LogP contribution >= 0.6 is 0 Å². The SMILES string of the molecule is CCCOc1ccc(Oc2cccc(NN)n2)cc1. The molecule has 0 fully saturated rings. The summed E-state index contributed by atoms with van der Waals surface area (Å²) in [6.45, 7) is 2.79. The third kappa shape index (κ3) is 3.86. The van der Waals surface area contributed by atoms with Gasteiger partial charge in [-0.25, -0.2) is 5.84 Å². The highest BCUT2D eigenvalue weighted by Gasteiger charge is 2.00. The van der Waals surface area contributed by atoms with E-state index in [1.54, 1.807) is 12.1 Å². The van der Waals surface area contributed by atoms with Gasteiger partial charge in [0.1, 0.15) is 17.3 Å². The number of hydrogen-bond acceptors (Lipinski definition) is 5. The molecule has 1 aromatic carbocycles. The van der Waals surface area contributed by atoms with Crippen LogP contribution in [0.3, 0.4) is 0 Å². The number of ether oxygens (including phenoxy) is 2. The smallest absolute Gasteiger partial charge is 0.221 e. The molecular formula is C14H17N3O2. The maximum absolute atomic E-state index is 5.62. The summed E-state index contributed by atoms with van der Waals surface area (Å²) >= 11 is 0. The molecule has 0 saturated heterocycles. The normalized spacial score (nSPS) is 10.0. The summed E-state index contributed by atoms with van der Waals surface area (Å²) in [4.78, 5) is 4.17. The molecule has 1 aromatic heterocycles. The minimum absolute atomic E-state index is 0.484. The minimum atomic E-state index is 0.484. The lowest BCUT2D eigenvalue weighted by molar-refractivity contribution is 0.317. The molecule has 0 aliphatic rings. The van der Waals surface area contributed by atoms with E-state index in [0.717, 1.165) is 12.2 Å². The van der Waals surface area contributed by atoms with Crippen LogP contribution in [-0.4, -0.2) is 11.6 Å². The quantitative estimate of drug-likeness (QED) is 0.616. The summed E-state index contributed by atoms with van der Waals surface area (Å²) in [7, 11) is 0. The Morgan fingerprint density at radius 1 is 1.11 bits per heavy atom. The number of benzene rings is 1. The number of nitrogen functional groups attached to an aromatic ring is 1. The molecule has 1 heterocycles. The summed E-state index contributed by atoms with van der Waals surface area (Å²) in [6.07, 6.45) is 0.987. The van der Waals surface area contributed by atoms with Crippen molar-refractivity contribution in [2.45, 2.75) is 13.3 Å². The van der Waals surface area contributed by atoms with Gasteiger partial charge in [-0.05, 0) is 36.8 Å². The van der Waals surface area contributed by atoms with Crippen molar-refractivity contribution in [2.75, 3.05) is 12.0 Å². The summed E-state index contributed by atoms with van der Waals surface area (Å²) < 4.78 is 11.1. The fourth-order valence-electron chi connectivity index (χ4n) is 1.50. The van der Waals surface area contributed by atoms with E-state index in [0.29, 0.717) is 24.1 Å². The third-order valence-corrected chi connectivity index (χ3v) is 2.39. The molecular weight excluding hydrogens is 242 g/mol. The number of hydrogen-bond donors (Lipinski definition) is 2. The molecule has 0 atom stereocenters. The topological polar surface area (TPSA) is 69.4 Å². The van der Waals surface area contributed by atoms with E-state index in [1.807, 2.05) is 30.3 Å². The zero-order valence-corrected chi connectivity index (χ0v) is 10.8. The molecule has 2 rings (SSSR count). The average Bonchev–Trinajstić information content (AvgIpc) is 2.47. The number of nitrogens with zero attached hydrogens (tertiary/aromatic N) is 1. The van der Waals surface area contributed by atoms with Crippen LogP contribution in [0.2, 0.25) is 0 Å². The predicted molar refractivity (Wildman–Crippen MR) is 74.3 cm³/mol. The van der Waals surface area contributed by atoms with Gasteiger partial charge < -0.3 is 14.9 Å². The second kappa shape index (κ2) is 6.61. The molecule has 0 saturated carbocycles. The van der Waals surface area contributed by atoms with E-state index < -0.39 is 0 Å². The third-order valence-electron chi connectivity index (χ3n) is 2.39. The second-order valence-electron chi connectivity index (χ2n) is 3.93. The fourth-order valence-corrected chi connectivity index (χ4v) is 1.50. The highest BCUT2D eigenvalue weighted by Crippen LogP contribution is 2.23. The molecule has 0 aliphatic carbocycles. The first-order valence-electron chi connectivity index (χ1n) is 6.16. The fraction of sp³-hybridized carbons (Fsp3) is 0.214. The maximum Gasteiger partial charge on any atom is 0.221 e. The Hall–Kier alpha value is -2.27. The summed E-state index contributed by atoms with van der Waals surface area (Å²) in [5, 5.41) is 0. The molecule has 0 unspecified atom stereocenters. The van der Waals surface area contributed by atoms with Crippen LogP contribution in [0.25, 0.3) is 0 Å². The van der Waals surface area contributed by atoms with Crippen molar-refractivity contribution in [1.29, 1.82) is 0 Å². The number of nitrogens with two attached hydrogens (primary N) is 1. The molecule has 0 bridgehead atoms. The summed E-state index contributed by atoms with van der Waals surface area (Å²) in [5.41, 5.74) is 2.47. The van der Waals surface area contributed by atoms with E-state index in [1.165, 1.54) is 0 Å². The van der Waals surface area contributed by atoms with Gasteiger partial charge in [-0.15, -0.1) is 0 Å². The molecule has 100 valence electrons. The maximum atomic E-state index is 5.62. The number of nitrogens with one attached hydrogen (secondary N) is 1. The number of pyridine rings is 1. The van der Waals surface area contributed by atoms with E-state index in [9.17, 15) is 0 Å².